The summed E-state index contributed by atoms with van der Waals surface area (Å²) in [5.74, 6) is -0.0836. The first-order valence-electron chi connectivity index (χ1n) is 3.54. The molecule has 0 aliphatic rings. The Kier molecular flexibility index (Phi) is 4.23. The fraction of sp³-hybridized carbons (Fsp3) is 0.250. The zero-order valence-corrected chi connectivity index (χ0v) is 9.01. The molecule has 6 heteroatoms. The van der Waals surface area contributed by atoms with Crippen LogP contribution in [-0.2, 0) is 5.88 Å². The molecule has 0 radical (unpaired) electrons. The molecule has 0 heterocycles. The maximum absolute atomic E-state index is 11.9. The lowest BCUT2D eigenvalue weighted by Crippen LogP contribution is -2.03. The number of ether oxygens (including phenoxy) is 1. The van der Waals surface area contributed by atoms with Gasteiger partial charge in [-0.3, -0.25) is 0 Å². The second kappa shape index (κ2) is 5.01. The van der Waals surface area contributed by atoms with Gasteiger partial charge in [0.05, 0.1) is 10.9 Å². The monoisotopic (exact) mass is 260 g/mol. The lowest BCUT2D eigenvalue weighted by Gasteiger charge is -2.10. The van der Waals surface area contributed by atoms with Crippen LogP contribution < -0.4 is 4.74 Å². The fourth-order valence-electron chi connectivity index (χ4n) is 0.886. The summed E-state index contributed by atoms with van der Waals surface area (Å²) in [5.41, 5.74) is 0.383. The van der Waals surface area contributed by atoms with Crippen molar-refractivity contribution in [2.24, 2.45) is 0 Å². The Hall–Kier alpha value is -0.250. The summed E-state index contributed by atoms with van der Waals surface area (Å²) in [7, 11) is 0. The Labute approximate surface area is 94.5 Å². The van der Waals surface area contributed by atoms with Crippen LogP contribution in [0.3, 0.4) is 0 Å². The minimum atomic E-state index is -2.92. The minimum absolute atomic E-state index is 0.0211. The van der Waals surface area contributed by atoms with Crippen LogP contribution in [0, 0.1) is 0 Å². The molecule has 0 bridgehead atoms. The van der Waals surface area contributed by atoms with Gasteiger partial charge in [0.25, 0.3) is 0 Å². The summed E-state index contributed by atoms with van der Waals surface area (Å²) in [5, 5.41) is 0.347. The third kappa shape index (κ3) is 2.62. The van der Waals surface area contributed by atoms with E-state index in [4.69, 9.17) is 34.8 Å². The van der Waals surface area contributed by atoms with Gasteiger partial charge in [-0.1, -0.05) is 23.2 Å². The first-order chi connectivity index (χ1) is 6.56. The smallest absolute Gasteiger partial charge is 0.387 e. The molecule has 0 aromatic heterocycles. The highest BCUT2D eigenvalue weighted by Gasteiger charge is 2.13. The normalized spacial score (nSPS) is 10.7. The number of hydrogen-bond donors (Lipinski definition) is 0. The van der Waals surface area contributed by atoms with E-state index in [2.05, 4.69) is 4.74 Å². The second-order valence-corrected chi connectivity index (χ2v) is 3.40. The minimum Gasteiger partial charge on any atom is -0.433 e. The van der Waals surface area contributed by atoms with Crippen molar-refractivity contribution in [1.82, 2.24) is 0 Å². The molecule has 0 aliphatic carbocycles. The molecule has 14 heavy (non-hydrogen) atoms. The van der Waals surface area contributed by atoms with E-state index in [1.807, 2.05) is 0 Å². The van der Waals surface area contributed by atoms with Crippen molar-refractivity contribution in [2.45, 2.75) is 12.5 Å². The summed E-state index contributed by atoms with van der Waals surface area (Å²) in [6.07, 6.45) is 0. The van der Waals surface area contributed by atoms with E-state index in [0.717, 1.165) is 0 Å². The van der Waals surface area contributed by atoms with E-state index in [0.29, 0.717) is 10.6 Å². The summed E-state index contributed by atoms with van der Waals surface area (Å²) < 4.78 is 27.9. The number of benzene rings is 1. The lowest BCUT2D eigenvalue weighted by atomic mass is 10.2. The van der Waals surface area contributed by atoms with Crippen LogP contribution in [0.4, 0.5) is 8.78 Å². The van der Waals surface area contributed by atoms with Gasteiger partial charge < -0.3 is 4.74 Å². The van der Waals surface area contributed by atoms with E-state index < -0.39 is 6.61 Å². The third-order valence-electron chi connectivity index (χ3n) is 1.50. The average molecular weight is 261 g/mol. The van der Waals surface area contributed by atoms with Crippen molar-refractivity contribution >= 4 is 34.8 Å². The van der Waals surface area contributed by atoms with Gasteiger partial charge in [0.2, 0.25) is 0 Å². The molecule has 0 amide bonds. The third-order valence-corrected chi connectivity index (χ3v) is 2.54. The molecule has 1 rings (SSSR count). The van der Waals surface area contributed by atoms with E-state index in [-0.39, 0.29) is 16.7 Å². The molecule has 0 aliphatic heterocycles. The van der Waals surface area contributed by atoms with Gasteiger partial charge in [-0.25, -0.2) is 0 Å². The van der Waals surface area contributed by atoms with Crippen LogP contribution >= 0.6 is 34.8 Å². The Balaban J connectivity index is 3.08. The highest BCUT2D eigenvalue weighted by atomic mass is 35.5. The number of rotatable bonds is 3. The SMILES string of the molecule is FC(F)Oc1ccc(Cl)c(CCl)c1Cl. The molecular formula is C8H5Cl3F2O. The first kappa shape index (κ1) is 11.8. The lowest BCUT2D eigenvalue weighted by molar-refractivity contribution is -0.0498. The highest BCUT2D eigenvalue weighted by molar-refractivity contribution is 6.38. The van der Waals surface area contributed by atoms with Crippen molar-refractivity contribution in [3.63, 3.8) is 0 Å². The van der Waals surface area contributed by atoms with Gasteiger partial charge in [-0.05, 0) is 12.1 Å². The van der Waals surface area contributed by atoms with Crippen LogP contribution in [0.15, 0.2) is 12.1 Å². The molecule has 1 aromatic rings. The number of hydrogen-bond acceptors (Lipinski definition) is 1. The predicted molar refractivity (Wildman–Crippen MR) is 52.7 cm³/mol. The number of halogens is 5. The topological polar surface area (TPSA) is 9.23 Å². The standard InChI is InChI=1S/C8H5Cl3F2O/c9-3-4-5(10)1-2-6(7(4)11)14-8(12)13/h1-2,8H,3H2. The molecule has 78 valence electrons. The van der Waals surface area contributed by atoms with E-state index in [9.17, 15) is 8.78 Å². The van der Waals surface area contributed by atoms with Crippen molar-refractivity contribution in [3.8, 4) is 5.75 Å². The van der Waals surface area contributed by atoms with E-state index in [1.165, 1.54) is 12.1 Å². The maximum atomic E-state index is 11.9. The molecule has 0 saturated heterocycles. The molecular weight excluding hydrogens is 256 g/mol. The molecule has 0 atom stereocenters. The van der Waals surface area contributed by atoms with Gasteiger partial charge >= 0.3 is 6.61 Å². The predicted octanol–water partition coefficient (Wildman–Crippen LogP) is 4.33. The molecule has 0 unspecified atom stereocenters. The van der Waals surface area contributed by atoms with Crippen molar-refractivity contribution < 1.29 is 13.5 Å². The fourth-order valence-corrected chi connectivity index (χ4v) is 1.85. The molecule has 0 saturated carbocycles. The van der Waals surface area contributed by atoms with Gasteiger partial charge in [-0.2, -0.15) is 8.78 Å². The van der Waals surface area contributed by atoms with Gasteiger partial charge in [0.1, 0.15) is 5.75 Å². The largest absolute Gasteiger partial charge is 0.433 e. The maximum Gasteiger partial charge on any atom is 0.387 e. The molecule has 0 N–H and O–H groups in total. The van der Waals surface area contributed by atoms with Crippen molar-refractivity contribution in [1.29, 1.82) is 0 Å². The van der Waals surface area contributed by atoms with Gasteiger partial charge in [-0.15, -0.1) is 11.6 Å². The second-order valence-electron chi connectivity index (χ2n) is 2.35. The molecule has 1 nitrogen and oxygen atoms in total. The van der Waals surface area contributed by atoms with Crippen molar-refractivity contribution in [2.75, 3.05) is 0 Å². The zero-order chi connectivity index (χ0) is 10.7. The van der Waals surface area contributed by atoms with E-state index in [1.54, 1.807) is 0 Å². The molecule has 0 fully saturated rings. The van der Waals surface area contributed by atoms with Gasteiger partial charge in [0, 0.05) is 10.6 Å². The van der Waals surface area contributed by atoms with Crippen LogP contribution in [0.5, 0.6) is 5.75 Å². The van der Waals surface area contributed by atoms with Crippen LogP contribution in [0.1, 0.15) is 5.56 Å². The Morgan fingerprint density at radius 2 is 1.93 bits per heavy atom. The Morgan fingerprint density at radius 3 is 2.43 bits per heavy atom. The van der Waals surface area contributed by atoms with Crippen LogP contribution in [-0.4, -0.2) is 6.61 Å². The Morgan fingerprint density at radius 1 is 1.29 bits per heavy atom. The van der Waals surface area contributed by atoms with Gasteiger partial charge in [0.15, 0.2) is 0 Å². The molecule has 0 spiro atoms. The zero-order valence-electron chi connectivity index (χ0n) is 6.74. The van der Waals surface area contributed by atoms with E-state index >= 15 is 0 Å². The number of alkyl halides is 3. The summed E-state index contributed by atoms with van der Waals surface area (Å²) in [6.45, 7) is -2.92. The quantitative estimate of drug-likeness (QED) is 0.736. The summed E-state index contributed by atoms with van der Waals surface area (Å²) in [6, 6.07) is 2.68. The van der Waals surface area contributed by atoms with Crippen LogP contribution in [0.25, 0.3) is 0 Å². The van der Waals surface area contributed by atoms with Crippen molar-refractivity contribution in [3.05, 3.63) is 27.7 Å². The average Bonchev–Trinajstić information content (AvgIpc) is 2.10. The summed E-state index contributed by atoms with van der Waals surface area (Å²) >= 11 is 17.0. The highest BCUT2D eigenvalue weighted by Crippen LogP contribution is 2.35. The first-order valence-corrected chi connectivity index (χ1v) is 4.83. The summed E-state index contributed by atoms with van der Waals surface area (Å²) in [4.78, 5) is 0. The van der Waals surface area contributed by atoms with Crippen LogP contribution in [0.2, 0.25) is 10.0 Å². The Bertz CT molecular complexity index is 331. The molecule has 1 aromatic carbocycles.